The Labute approximate surface area is 180 Å². The molecular weight excluding hydrogens is 430 g/mol. The molecule has 0 bridgehead atoms. The summed E-state index contributed by atoms with van der Waals surface area (Å²) in [5, 5.41) is 9.37. The maximum absolute atomic E-state index is 15.1. The van der Waals surface area contributed by atoms with Gasteiger partial charge in [-0.1, -0.05) is 11.6 Å². The first-order valence-electron chi connectivity index (χ1n) is 9.34. The van der Waals surface area contributed by atoms with Crippen molar-refractivity contribution in [1.82, 2.24) is 9.47 Å². The van der Waals surface area contributed by atoms with Crippen LogP contribution >= 0.6 is 11.6 Å². The summed E-state index contributed by atoms with van der Waals surface area (Å²) in [5.74, 6) is -1.10. The van der Waals surface area contributed by atoms with Gasteiger partial charge in [0.25, 0.3) is 5.56 Å². The van der Waals surface area contributed by atoms with Crippen molar-refractivity contribution in [2.75, 3.05) is 13.7 Å². The number of carboxylic acid groups (broad SMARTS) is 1. The van der Waals surface area contributed by atoms with E-state index in [1.807, 2.05) is 0 Å². The SMILES string of the molecule is COc1cc(-c2cc(F)cc(Cl)c2)c(F)cc1-n1c2c(ccc1=O)CN(C(=O)O)CC2. The third-order valence-electron chi connectivity index (χ3n) is 5.22. The first-order valence-corrected chi connectivity index (χ1v) is 9.72. The number of hydrogen-bond donors (Lipinski definition) is 1. The molecule has 4 rings (SSSR count). The van der Waals surface area contributed by atoms with E-state index in [-0.39, 0.29) is 47.1 Å². The predicted octanol–water partition coefficient (Wildman–Crippen LogP) is 4.48. The fourth-order valence-corrected chi connectivity index (χ4v) is 4.02. The summed E-state index contributed by atoms with van der Waals surface area (Å²) in [6.07, 6.45) is -0.769. The lowest BCUT2D eigenvalue weighted by Gasteiger charge is -2.28. The predicted molar refractivity (Wildman–Crippen MR) is 111 cm³/mol. The average Bonchev–Trinajstić information content (AvgIpc) is 2.72. The molecule has 0 saturated heterocycles. The van der Waals surface area contributed by atoms with Crippen molar-refractivity contribution in [3.8, 4) is 22.6 Å². The smallest absolute Gasteiger partial charge is 0.407 e. The van der Waals surface area contributed by atoms with Crippen LogP contribution in [0.2, 0.25) is 5.02 Å². The van der Waals surface area contributed by atoms with E-state index in [9.17, 15) is 19.1 Å². The number of halogens is 3. The zero-order valence-corrected chi connectivity index (χ0v) is 17.1. The zero-order chi connectivity index (χ0) is 22.3. The van der Waals surface area contributed by atoms with Crippen LogP contribution in [0, 0.1) is 11.6 Å². The van der Waals surface area contributed by atoms with Crippen molar-refractivity contribution in [2.45, 2.75) is 13.0 Å². The molecular formula is C22H17ClF2N2O4. The second kappa shape index (κ2) is 8.03. The molecule has 0 fully saturated rings. The number of nitrogens with zero attached hydrogens (tertiary/aromatic N) is 2. The summed E-state index contributed by atoms with van der Waals surface area (Å²) in [5.41, 5.74) is 1.31. The van der Waals surface area contributed by atoms with Crippen LogP contribution in [-0.4, -0.2) is 34.3 Å². The number of hydrogen-bond acceptors (Lipinski definition) is 3. The molecule has 9 heteroatoms. The van der Waals surface area contributed by atoms with Gasteiger partial charge in [-0.3, -0.25) is 9.36 Å². The van der Waals surface area contributed by atoms with Crippen molar-refractivity contribution in [1.29, 1.82) is 0 Å². The quantitative estimate of drug-likeness (QED) is 0.644. The Balaban J connectivity index is 1.88. The minimum absolute atomic E-state index is 0.0666. The summed E-state index contributed by atoms with van der Waals surface area (Å²) in [6.45, 7) is 0.325. The lowest BCUT2D eigenvalue weighted by Crippen LogP contribution is -2.38. The number of benzene rings is 2. The van der Waals surface area contributed by atoms with Gasteiger partial charge in [-0.2, -0.15) is 0 Å². The van der Waals surface area contributed by atoms with Gasteiger partial charge in [0.2, 0.25) is 0 Å². The zero-order valence-electron chi connectivity index (χ0n) is 16.4. The molecule has 2 heterocycles. The molecule has 1 aliphatic rings. The molecule has 0 saturated carbocycles. The summed E-state index contributed by atoms with van der Waals surface area (Å²) in [7, 11) is 1.38. The van der Waals surface area contributed by atoms with E-state index >= 15 is 4.39 Å². The number of fused-ring (bicyclic) bond motifs is 1. The van der Waals surface area contributed by atoms with Gasteiger partial charge in [0.15, 0.2) is 0 Å². The summed E-state index contributed by atoms with van der Waals surface area (Å²) < 4.78 is 35.6. The van der Waals surface area contributed by atoms with Crippen molar-refractivity contribution in [3.05, 3.63) is 80.7 Å². The van der Waals surface area contributed by atoms with Crippen LogP contribution in [0.5, 0.6) is 5.75 Å². The molecule has 0 aliphatic carbocycles. The topological polar surface area (TPSA) is 71.8 Å². The first-order chi connectivity index (χ1) is 14.8. The first kappa shape index (κ1) is 20.9. The third kappa shape index (κ3) is 3.86. The lowest BCUT2D eigenvalue weighted by atomic mass is 10.0. The number of rotatable bonds is 3. The Morgan fingerprint density at radius 2 is 1.94 bits per heavy atom. The average molecular weight is 447 g/mol. The van der Waals surface area contributed by atoms with Crippen LogP contribution in [0.4, 0.5) is 13.6 Å². The minimum Gasteiger partial charge on any atom is -0.495 e. The molecule has 3 aromatic rings. The Morgan fingerprint density at radius 1 is 1.16 bits per heavy atom. The Kier molecular flexibility index (Phi) is 5.41. The standard InChI is InChI=1S/C22H17ClF2N2O4/c1-31-20-9-16(13-6-14(23)8-15(24)7-13)17(25)10-19(20)27-18-4-5-26(22(29)30)11-12(18)2-3-21(27)28/h2-3,6-10H,4-5,11H2,1H3,(H,29,30). The van der Waals surface area contributed by atoms with Gasteiger partial charge in [0.05, 0.1) is 19.3 Å². The van der Waals surface area contributed by atoms with Crippen molar-refractivity contribution in [3.63, 3.8) is 0 Å². The van der Waals surface area contributed by atoms with Gasteiger partial charge >= 0.3 is 6.09 Å². The van der Waals surface area contributed by atoms with Gasteiger partial charge in [-0.25, -0.2) is 13.6 Å². The lowest BCUT2D eigenvalue weighted by molar-refractivity contribution is 0.139. The van der Waals surface area contributed by atoms with E-state index in [2.05, 4.69) is 0 Å². The van der Waals surface area contributed by atoms with E-state index in [4.69, 9.17) is 16.3 Å². The van der Waals surface area contributed by atoms with Gasteiger partial charge in [0, 0.05) is 41.4 Å². The van der Waals surface area contributed by atoms with Crippen LogP contribution in [0.15, 0.2) is 47.3 Å². The molecule has 2 aromatic carbocycles. The summed E-state index contributed by atoms with van der Waals surface area (Å²) >= 11 is 5.90. The largest absolute Gasteiger partial charge is 0.495 e. The molecule has 31 heavy (non-hydrogen) atoms. The van der Waals surface area contributed by atoms with Gasteiger partial charge in [-0.05, 0) is 41.5 Å². The molecule has 0 atom stereocenters. The number of ether oxygens (including phenoxy) is 1. The highest BCUT2D eigenvalue weighted by Crippen LogP contribution is 2.34. The van der Waals surface area contributed by atoms with Gasteiger partial charge < -0.3 is 14.7 Å². The van der Waals surface area contributed by atoms with E-state index in [1.165, 1.54) is 34.8 Å². The molecule has 1 N–H and O–H groups in total. The molecule has 160 valence electrons. The van der Waals surface area contributed by atoms with Gasteiger partial charge in [-0.15, -0.1) is 0 Å². The third-order valence-corrected chi connectivity index (χ3v) is 5.44. The maximum Gasteiger partial charge on any atom is 0.407 e. The molecule has 1 amide bonds. The number of aromatic nitrogens is 1. The number of amides is 1. The summed E-state index contributed by atoms with van der Waals surface area (Å²) in [6, 6.07) is 9.12. The minimum atomic E-state index is -1.05. The number of pyridine rings is 1. The molecule has 0 spiro atoms. The van der Waals surface area contributed by atoms with E-state index in [1.54, 1.807) is 6.07 Å². The normalized spacial score (nSPS) is 13.1. The Hall–Kier alpha value is -3.39. The van der Waals surface area contributed by atoms with Crippen molar-refractivity contribution >= 4 is 17.7 Å². The second-order valence-electron chi connectivity index (χ2n) is 7.10. The van der Waals surface area contributed by atoms with E-state index in [0.29, 0.717) is 11.3 Å². The van der Waals surface area contributed by atoms with Gasteiger partial charge in [0.1, 0.15) is 17.4 Å². The van der Waals surface area contributed by atoms with Crippen LogP contribution in [0.3, 0.4) is 0 Å². The highest BCUT2D eigenvalue weighted by atomic mass is 35.5. The number of carbonyl (C=O) groups is 1. The molecule has 6 nitrogen and oxygen atoms in total. The Morgan fingerprint density at radius 3 is 2.61 bits per heavy atom. The monoisotopic (exact) mass is 446 g/mol. The second-order valence-corrected chi connectivity index (χ2v) is 7.53. The Bertz CT molecular complexity index is 1240. The number of methoxy groups -OCH3 is 1. The van der Waals surface area contributed by atoms with E-state index in [0.717, 1.165) is 18.2 Å². The van der Waals surface area contributed by atoms with Crippen molar-refractivity contribution in [2.24, 2.45) is 0 Å². The maximum atomic E-state index is 15.1. The highest BCUT2D eigenvalue weighted by molar-refractivity contribution is 6.30. The van der Waals surface area contributed by atoms with Crippen molar-refractivity contribution < 1.29 is 23.4 Å². The van der Waals surface area contributed by atoms with Crippen LogP contribution < -0.4 is 10.3 Å². The molecule has 1 aromatic heterocycles. The summed E-state index contributed by atoms with van der Waals surface area (Å²) in [4.78, 5) is 25.3. The highest BCUT2D eigenvalue weighted by Gasteiger charge is 2.25. The van der Waals surface area contributed by atoms with E-state index < -0.39 is 23.3 Å². The molecule has 0 radical (unpaired) electrons. The fraction of sp³-hybridized carbons (Fsp3) is 0.182. The van der Waals surface area contributed by atoms with Crippen LogP contribution in [-0.2, 0) is 13.0 Å². The molecule has 0 unspecified atom stereocenters. The molecule has 1 aliphatic heterocycles. The van der Waals surface area contributed by atoms with Crippen LogP contribution in [0.25, 0.3) is 16.8 Å². The fourth-order valence-electron chi connectivity index (χ4n) is 3.80. The van der Waals surface area contributed by atoms with Crippen LogP contribution in [0.1, 0.15) is 11.3 Å².